The number of ether oxygens (including phenoxy) is 1. The molecule has 156 valence electrons. The highest BCUT2D eigenvalue weighted by Gasteiger charge is 2.30. The summed E-state index contributed by atoms with van der Waals surface area (Å²) >= 11 is 0. The minimum Gasteiger partial charge on any atom is -0.452 e. The summed E-state index contributed by atoms with van der Waals surface area (Å²) in [7, 11) is 0. The van der Waals surface area contributed by atoms with E-state index in [0.717, 1.165) is 23.3 Å². The lowest BCUT2D eigenvalue weighted by Gasteiger charge is -2.32. The number of carbonyl (C=O) groups is 3. The highest BCUT2D eigenvalue weighted by atomic mass is 19.1. The molecule has 1 heterocycles. The van der Waals surface area contributed by atoms with Crippen LogP contribution in [0, 0.1) is 11.6 Å². The van der Waals surface area contributed by atoms with E-state index in [2.05, 4.69) is 5.32 Å². The number of esters is 1. The molecule has 2 aromatic rings. The average Bonchev–Trinajstić information content (AvgIpc) is 2.70. The molecule has 30 heavy (non-hydrogen) atoms. The highest BCUT2D eigenvalue weighted by molar-refractivity contribution is 5.95. The molecule has 0 aliphatic carbocycles. The summed E-state index contributed by atoms with van der Waals surface area (Å²) in [4.78, 5) is 38.1. The standard InChI is InChI=1S/C22H20F2N2O4/c1-13(22(29)25-21-17(23)8-5-9-18(21)24)30-20(28)12-19-16-7-4-3-6-15(16)10-11-26(19)14(2)27/h3-11,13,19H,12H2,1-2H3,(H,25,29)/t13-,19+/m0/s1. The number of nitrogens with zero attached hydrogens (tertiary/aromatic N) is 1. The van der Waals surface area contributed by atoms with Gasteiger partial charge in [0, 0.05) is 13.1 Å². The zero-order valence-corrected chi connectivity index (χ0v) is 16.4. The quantitative estimate of drug-likeness (QED) is 0.756. The van der Waals surface area contributed by atoms with Gasteiger partial charge in [-0.15, -0.1) is 0 Å². The molecule has 2 amide bonds. The number of anilines is 1. The summed E-state index contributed by atoms with van der Waals surface area (Å²) in [5.74, 6) is -3.73. The van der Waals surface area contributed by atoms with Crippen molar-refractivity contribution in [1.82, 2.24) is 4.90 Å². The third-order valence-electron chi connectivity index (χ3n) is 4.72. The second kappa shape index (κ2) is 8.86. The summed E-state index contributed by atoms with van der Waals surface area (Å²) in [6.07, 6.45) is 1.89. The smallest absolute Gasteiger partial charge is 0.309 e. The second-order valence-corrected chi connectivity index (χ2v) is 6.81. The molecule has 0 spiro atoms. The zero-order chi connectivity index (χ0) is 21.8. The monoisotopic (exact) mass is 414 g/mol. The molecule has 3 rings (SSSR count). The number of nitrogens with one attached hydrogen (secondary N) is 1. The molecule has 6 nitrogen and oxygen atoms in total. The molecule has 2 aromatic carbocycles. The lowest BCUT2D eigenvalue weighted by Crippen LogP contribution is -2.35. The summed E-state index contributed by atoms with van der Waals surface area (Å²) in [6, 6.07) is 9.89. The summed E-state index contributed by atoms with van der Waals surface area (Å²) in [6.45, 7) is 2.68. The minimum absolute atomic E-state index is 0.188. The van der Waals surface area contributed by atoms with Crippen LogP contribution in [0.4, 0.5) is 14.5 Å². The Kier molecular flexibility index (Phi) is 6.25. The van der Waals surface area contributed by atoms with Crippen LogP contribution in [0.15, 0.2) is 48.7 Å². The van der Waals surface area contributed by atoms with Crippen LogP contribution in [-0.2, 0) is 19.1 Å². The summed E-state index contributed by atoms with van der Waals surface area (Å²) < 4.78 is 32.5. The second-order valence-electron chi connectivity index (χ2n) is 6.81. The lowest BCUT2D eigenvalue weighted by molar-refractivity contribution is -0.154. The maximum Gasteiger partial charge on any atom is 0.309 e. The van der Waals surface area contributed by atoms with Gasteiger partial charge in [-0.1, -0.05) is 30.3 Å². The van der Waals surface area contributed by atoms with E-state index in [9.17, 15) is 23.2 Å². The van der Waals surface area contributed by atoms with Crippen LogP contribution < -0.4 is 5.32 Å². The van der Waals surface area contributed by atoms with Crippen LogP contribution in [0.25, 0.3) is 6.08 Å². The zero-order valence-electron chi connectivity index (χ0n) is 16.4. The van der Waals surface area contributed by atoms with Gasteiger partial charge in [-0.05, 0) is 36.3 Å². The van der Waals surface area contributed by atoms with Crippen molar-refractivity contribution in [3.05, 3.63) is 71.4 Å². The molecule has 2 atom stereocenters. The van der Waals surface area contributed by atoms with Crippen molar-refractivity contribution in [2.75, 3.05) is 5.32 Å². The Morgan fingerprint density at radius 1 is 1.10 bits per heavy atom. The molecule has 0 radical (unpaired) electrons. The van der Waals surface area contributed by atoms with Crippen molar-refractivity contribution in [2.24, 2.45) is 0 Å². The Bertz CT molecular complexity index is 1000. The van der Waals surface area contributed by atoms with Crippen molar-refractivity contribution in [2.45, 2.75) is 32.4 Å². The lowest BCUT2D eigenvalue weighted by atomic mass is 9.94. The van der Waals surface area contributed by atoms with Crippen molar-refractivity contribution in [1.29, 1.82) is 0 Å². The molecule has 1 aliphatic rings. The maximum absolute atomic E-state index is 13.7. The van der Waals surface area contributed by atoms with Gasteiger partial charge in [0.25, 0.3) is 5.91 Å². The van der Waals surface area contributed by atoms with E-state index in [-0.39, 0.29) is 12.3 Å². The van der Waals surface area contributed by atoms with Crippen molar-refractivity contribution >= 4 is 29.5 Å². The number of rotatable bonds is 5. The predicted octanol–water partition coefficient (Wildman–Crippen LogP) is 3.80. The molecule has 0 saturated heterocycles. The first kappa shape index (κ1) is 21.2. The molecule has 0 aromatic heterocycles. The number of fused-ring (bicyclic) bond motifs is 1. The van der Waals surface area contributed by atoms with Gasteiger partial charge in [-0.3, -0.25) is 14.4 Å². The Morgan fingerprint density at radius 3 is 2.43 bits per heavy atom. The first-order valence-corrected chi connectivity index (χ1v) is 9.28. The number of carbonyl (C=O) groups excluding carboxylic acids is 3. The third kappa shape index (κ3) is 4.53. The van der Waals surface area contributed by atoms with Crippen LogP contribution >= 0.6 is 0 Å². The molecule has 0 fully saturated rings. The summed E-state index contributed by atoms with van der Waals surface area (Å²) in [5.41, 5.74) is 1.03. The summed E-state index contributed by atoms with van der Waals surface area (Å²) in [5, 5.41) is 2.09. The third-order valence-corrected chi connectivity index (χ3v) is 4.72. The topological polar surface area (TPSA) is 75.7 Å². The number of benzene rings is 2. The number of amides is 2. The largest absolute Gasteiger partial charge is 0.452 e. The molecule has 1 aliphatic heterocycles. The van der Waals surface area contributed by atoms with Crippen molar-refractivity contribution in [3.63, 3.8) is 0 Å². The Balaban J connectivity index is 1.68. The molecule has 0 bridgehead atoms. The van der Waals surface area contributed by atoms with Gasteiger partial charge in [0.05, 0.1) is 12.5 Å². The number of hydrogen-bond donors (Lipinski definition) is 1. The van der Waals surface area contributed by atoms with E-state index in [1.54, 1.807) is 18.3 Å². The normalized spacial score (nSPS) is 15.9. The van der Waals surface area contributed by atoms with Crippen LogP contribution in [-0.4, -0.2) is 28.8 Å². The Morgan fingerprint density at radius 2 is 1.77 bits per heavy atom. The van der Waals surface area contributed by atoms with Crippen LogP contribution in [0.2, 0.25) is 0 Å². The molecular weight excluding hydrogens is 394 g/mol. The van der Waals surface area contributed by atoms with Gasteiger partial charge in [0.15, 0.2) is 6.10 Å². The van der Waals surface area contributed by atoms with Crippen molar-refractivity contribution < 1.29 is 27.9 Å². The van der Waals surface area contributed by atoms with Gasteiger partial charge >= 0.3 is 5.97 Å². The first-order valence-electron chi connectivity index (χ1n) is 9.28. The maximum atomic E-state index is 13.7. The SMILES string of the molecule is CC(=O)N1C=Cc2ccccc2[C@H]1CC(=O)O[C@@H](C)C(=O)Nc1c(F)cccc1F. The molecule has 0 unspecified atom stereocenters. The first-order chi connectivity index (χ1) is 14.3. The van der Waals surface area contributed by atoms with Crippen LogP contribution in [0.1, 0.15) is 37.4 Å². The van der Waals surface area contributed by atoms with Gasteiger partial charge in [0.1, 0.15) is 17.3 Å². The van der Waals surface area contributed by atoms with Crippen LogP contribution in [0.5, 0.6) is 0 Å². The number of hydrogen-bond acceptors (Lipinski definition) is 4. The Labute approximate surface area is 172 Å². The predicted molar refractivity (Wildman–Crippen MR) is 106 cm³/mol. The molecule has 8 heteroatoms. The van der Waals surface area contributed by atoms with E-state index in [4.69, 9.17) is 4.74 Å². The van der Waals surface area contributed by atoms with E-state index < -0.39 is 41.3 Å². The fourth-order valence-corrected chi connectivity index (χ4v) is 3.21. The van der Waals surface area contributed by atoms with E-state index in [0.29, 0.717) is 0 Å². The van der Waals surface area contributed by atoms with E-state index >= 15 is 0 Å². The van der Waals surface area contributed by atoms with Crippen LogP contribution in [0.3, 0.4) is 0 Å². The molecule has 1 N–H and O–H groups in total. The number of halogens is 2. The van der Waals surface area contributed by atoms with Crippen molar-refractivity contribution in [3.8, 4) is 0 Å². The number of para-hydroxylation sites is 1. The van der Waals surface area contributed by atoms with Gasteiger partial charge in [0.2, 0.25) is 5.91 Å². The highest BCUT2D eigenvalue weighted by Crippen LogP contribution is 2.33. The fourth-order valence-electron chi connectivity index (χ4n) is 3.21. The average molecular weight is 414 g/mol. The molecule has 0 saturated carbocycles. The van der Waals surface area contributed by atoms with E-state index in [1.165, 1.54) is 24.8 Å². The minimum atomic E-state index is -1.29. The van der Waals surface area contributed by atoms with E-state index in [1.807, 2.05) is 18.2 Å². The Hall–Kier alpha value is -3.55. The van der Waals surface area contributed by atoms with Gasteiger partial charge < -0.3 is 15.0 Å². The van der Waals surface area contributed by atoms with Gasteiger partial charge in [-0.25, -0.2) is 8.78 Å². The molecular formula is C22H20F2N2O4. The fraction of sp³-hybridized carbons (Fsp3) is 0.227. The van der Waals surface area contributed by atoms with Gasteiger partial charge in [-0.2, -0.15) is 0 Å².